The molecule has 146 valence electrons. The second-order valence-corrected chi connectivity index (χ2v) is 7.13. The molecule has 0 radical (unpaired) electrons. The second-order valence-electron chi connectivity index (χ2n) is 7.13. The van der Waals surface area contributed by atoms with Crippen LogP contribution in [0.15, 0.2) is 18.2 Å². The summed E-state index contributed by atoms with van der Waals surface area (Å²) < 4.78 is 5.42. The van der Waals surface area contributed by atoms with Gasteiger partial charge in [-0.3, -0.25) is 10.1 Å². The van der Waals surface area contributed by atoms with Gasteiger partial charge in [0.25, 0.3) is 0 Å². The predicted molar refractivity (Wildman–Crippen MR) is 107 cm³/mol. The summed E-state index contributed by atoms with van der Waals surface area (Å²) in [6.45, 7) is 6.16. The van der Waals surface area contributed by atoms with E-state index in [0.717, 1.165) is 42.3 Å². The first-order chi connectivity index (χ1) is 13.0. The van der Waals surface area contributed by atoms with E-state index >= 15 is 0 Å². The van der Waals surface area contributed by atoms with Gasteiger partial charge in [0.05, 0.1) is 18.7 Å². The molecule has 1 aliphatic rings. The summed E-state index contributed by atoms with van der Waals surface area (Å²) in [5.74, 6) is 1.23. The number of carbonyl (C=O) groups is 1. The summed E-state index contributed by atoms with van der Waals surface area (Å²) in [7, 11) is 1.63. The number of para-hydroxylation sites is 1. The van der Waals surface area contributed by atoms with Gasteiger partial charge in [0.15, 0.2) is 6.29 Å². The van der Waals surface area contributed by atoms with Crippen molar-refractivity contribution in [2.75, 3.05) is 12.4 Å². The number of unbranched alkanes of at least 4 members (excludes halogenated alkanes) is 2. The van der Waals surface area contributed by atoms with Crippen LogP contribution >= 0.6 is 0 Å². The number of nitrogens with one attached hydrogen (secondary N) is 3. The van der Waals surface area contributed by atoms with Crippen LogP contribution in [0.2, 0.25) is 0 Å². The molecule has 0 aliphatic carbocycles. The highest BCUT2D eigenvalue weighted by Gasteiger charge is 2.33. The molecule has 3 atom stereocenters. The van der Waals surface area contributed by atoms with Crippen molar-refractivity contribution < 1.29 is 9.53 Å². The van der Waals surface area contributed by atoms with Crippen molar-refractivity contribution in [1.82, 2.24) is 20.6 Å². The number of anilines is 1. The number of aryl methyl sites for hydroxylation is 1. The normalized spacial score (nSPS) is 22.5. The Bertz CT molecular complexity index is 810. The first-order valence-corrected chi connectivity index (χ1v) is 9.67. The molecule has 0 spiro atoms. The fourth-order valence-electron chi connectivity index (χ4n) is 3.61. The molecule has 0 bridgehead atoms. The maximum absolute atomic E-state index is 12.5. The lowest BCUT2D eigenvalue weighted by Crippen LogP contribution is -2.63. The van der Waals surface area contributed by atoms with Crippen molar-refractivity contribution in [1.29, 1.82) is 0 Å². The summed E-state index contributed by atoms with van der Waals surface area (Å²) >= 11 is 0. The number of carbonyl (C=O) groups excluding carboxylic acids is 1. The van der Waals surface area contributed by atoms with Crippen molar-refractivity contribution in [3.05, 3.63) is 23.9 Å². The minimum absolute atomic E-state index is 0.00560. The van der Waals surface area contributed by atoms with Gasteiger partial charge < -0.3 is 15.4 Å². The number of rotatable bonds is 7. The molecule has 7 heteroatoms. The van der Waals surface area contributed by atoms with E-state index < -0.39 is 6.29 Å². The van der Waals surface area contributed by atoms with Crippen LogP contribution in [0.4, 0.5) is 5.95 Å². The number of aromatic nitrogens is 2. The number of nitrogens with zero attached hydrogens (tertiary/aromatic N) is 2. The molecular weight excluding hydrogens is 342 g/mol. The Morgan fingerprint density at radius 1 is 1.26 bits per heavy atom. The van der Waals surface area contributed by atoms with Gasteiger partial charge in [0.2, 0.25) is 11.9 Å². The van der Waals surface area contributed by atoms with Crippen molar-refractivity contribution in [2.24, 2.45) is 5.92 Å². The van der Waals surface area contributed by atoms with E-state index in [2.05, 4.69) is 39.8 Å². The lowest BCUT2D eigenvalue weighted by atomic mass is 9.92. The van der Waals surface area contributed by atoms with E-state index in [1.54, 1.807) is 7.11 Å². The van der Waals surface area contributed by atoms with Crippen molar-refractivity contribution in [3.63, 3.8) is 0 Å². The van der Waals surface area contributed by atoms with Gasteiger partial charge in [-0.25, -0.2) is 9.97 Å². The number of hydrogen-bond acceptors (Lipinski definition) is 6. The molecule has 0 saturated carbocycles. The van der Waals surface area contributed by atoms with E-state index in [1.165, 1.54) is 0 Å². The lowest BCUT2D eigenvalue weighted by Gasteiger charge is -2.36. The van der Waals surface area contributed by atoms with E-state index in [4.69, 9.17) is 4.74 Å². The third kappa shape index (κ3) is 4.30. The fourth-order valence-corrected chi connectivity index (χ4v) is 3.61. The average molecular weight is 371 g/mol. The third-order valence-corrected chi connectivity index (χ3v) is 5.15. The molecule has 3 unspecified atom stereocenters. The van der Waals surface area contributed by atoms with Crippen LogP contribution in [0.3, 0.4) is 0 Å². The zero-order valence-corrected chi connectivity index (χ0v) is 16.5. The standard InChI is InChI=1S/C20H29N5O2/c1-5-6-7-9-15-13(3)22-20(24-18(15)26)25-19-21-12(2)14-10-8-11-16(27-4)17(14)23-19/h8,10-11,13,15,20,22H,5-7,9H2,1-4H3,(H,24,26)(H,21,23,25). The van der Waals surface area contributed by atoms with Gasteiger partial charge in [-0.1, -0.05) is 38.3 Å². The van der Waals surface area contributed by atoms with Gasteiger partial charge in [-0.2, -0.15) is 0 Å². The van der Waals surface area contributed by atoms with Crippen molar-refractivity contribution >= 4 is 22.8 Å². The van der Waals surface area contributed by atoms with E-state index in [1.807, 2.05) is 25.1 Å². The zero-order chi connectivity index (χ0) is 19.4. The van der Waals surface area contributed by atoms with Gasteiger partial charge in [0, 0.05) is 11.4 Å². The fraction of sp³-hybridized carbons (Fsp3) is 0.550. The second kappa shape index (κ2) is 8.52. The summed E-state index contributed by atoms with van der Waals surface area (Å²) in [6.07, 6.45) is 3.89. The van der Waals surface area contributed by atoms with Crippen LogP contribution in [-0.4, -0.2) is 35.3 Å². The molecular formula is C20H29N5O2. The Kier molecular flexibility index (Phi) is 6.11. The van der Waals surface area contributed by atoms with Crippen LogP contribution < -0.4 is 20.7 Å². The summed E-state index contributed by atoms with van der Waals surface area (Å²) in [5, 5.41) is 10.6. The molecule has 1 fully saturated rings. The highest BCUT2D eigenvalue weighted by molar-refractivity contribution is 5.87. The van der Waals surface area contributed by atoms with Crippen LogP contribution in [0.25, 0.3) is 10.9 Å². The number of amides is 1. The minimum Gasteiger partial charge on any atom is -0.494 e. The Morgan fingerprint density at radius 3 is 2.78 bits per heavy atom. The molecule has 1 aromatic carbocycles. The Balaban J connectivity index is 1.73. The first-order valence-electron chi connectivity index (χ1n) is 9.67. The molecule has 27 heavy (non-hydrogen) atoms. The zero-order valence-electron chi connectivity index (χ0n) is 16.5. The number of benzene rings is 1. The Hall–Kier alpha value is -2.41. The number of fused-ring (bicyclic) bond motifs is 1. The molecule has 3 rings (SSSR count). The molecule has 1 aromatic heterocycles. The Labute approximate surface area is 160 Å². The molecule has 2 heterocycles. The van der Waals surface area contributed by atoms with Gasteiger partial charge in [-0.05, 0) is 26.3 Å². The number of ether oxygens (including phenoxy) is 1. The quantitative estimate of drug-likeness (QED) is 0.649. The minimum atomic E-state index is -0.401. The van der Waals surface area contributed by atoms with Crippen LogP contribution in [0.1, 0.15) is 45.2 Å². The third-order valence-electron chi connectivity index (χ3n) is 5.15. The highest BCUT2D eigenvalue weighted by Crippen LogP contribution is 2.26. The smallest absolute Gasteiger partial charge is 0.227 e. The maximum Gasteiger partial charge on any atom is 0.227 e. The predicted octanol–water partition coefficient (Wildman–Crippen LogP) is 2.95. The number of methoxy groups -OCH3 is 1. The molecule has 2 aromatic rings. The van der Waals surface area contributed by atoms with Crippen molar-refractivity contribution in [3.8, 4) is 5.75 Å². The molecule has 1 aliphatic heterocycles. The molecule has 7 nitrogen and oxygen atoms in total. The Morgan fingerprint density at radius 2 is 2.07 bits per heavy atom. The van der Waals surface area contributed by atoms with Crippen LogP contribution in [0, 0.1) is 12.8 Å². The van der Waals surface area contributed by atoms with Crippen molar-refractivity contribution in [2.45, 2.75) is 58.8 Å². The molecule has 1 amide bonds. The van der Waals surface area contributed by atoms with Gasteiger partial charge >= 0.3 is 0 Å². The molecule has 1 saturated heterocycles. The number of hydrogen-bond donors (Lipinski definition) is 3. The first kappa shape index (κ1) is 19.4. The molecule has 3 N–H and O–H groups in total. The highest BCUT2D eigenvalue weighted by atomic mass is 16.5. The summed E-state index contributed by atoms with van der Waals surface area (Å²) in [5.41, 5.74) is 1.61. The lowest BCUT2D eigenvalue weighted by molar-refractivity contribution is -0.129. The average Bonchev–Trinajstić information content (AvgIpc) is 2.63. The topological polar surface area (TPSA) is 88.2 Å². The largest absolute Gasteiger partial charge is 0.494 e. The van der Waals surface area contributed by atoms with Gasteiger partial charge in [-0.15, -0.1) is 0 Å². The van der Waals surface area contributed by atoms with Gasteiger partial charge in [0.1, 0.15) is 11.3 Å². The van der Waals surface area contributed by atoms with Crippen LogP contribution in [0.5, 0.6) is 5.75 Å². The monoisotopic (exact) mass is 371 g/mol. The van der Waals surface area contributed by atoms with Crippen LogP contribution in [-0.2, 0) is 4.79 Å². The maximum atomic E-state index is 12.5. The van der Waals surface area contributed by atoms with E-state index in [-0.39, 0.29) is 17.9 Å². The SMILES string of the molecule is CCCCCC1C(=O)NC(Nc2nc(C)c3cccc(OC)c3n2)NC1C. The summed E-state index contributed by atoms with van der Waals surface area (Å²) in [6, 6.07) is 5.86. The van der Waals surface area contributed by atoms with E-state index in [9.17, 15) is 4.79 Å². The van der Waals surface area contributed by atoms with E-state index in [0.29, 0.717) is 11.7 Å². The summed E-state index contributed by atoms with van der Waals surface area (Å²) in [4.78, 5) is 21.7.